The average Bonchev–Trinajstić information content (AvgIpc) is 3.12. The Hall–Kier alpha value is -3.10. The number of anilines is 2. The van der Waals surface area contributed by atoms with Crippen LogP contribution in [0, 0.1) is 0 Å². The lowest BCUT2D eigenvalue weighted by Crippen LogP contribution is -2.49. The second-order valence-corrected chi connectivity index (χ2v) is 9.03. The van der Waals surface area contributed by atoms with Gasteiger partial charge in [-0.3, -0.25) is 14.4 Å². The van der Waals surface area contributed by atoms with E-state index < -0.39 is 0 Å². The van der Waals surface area contributed by atoms with Gasteiger partial charge in [-0.1, -0.05) is 17.7 Å². The number of nitrogens with one attached hydrogen (secondary N) is 2. The molecule has 0 spiro atoms. The van der Waals surface area contributed by atoms with Crippen LogP contribution in [0.25, 0.3) is 0 Å². The van der Waals surface area contributed by atoms with E-state index in [0.717, 1.165) is 25.2 Å². The highest BCUT2D eigenvalue weighted by molar-refractivity contribution is 6.31. The van der Waals surface area contributed by atoms with Crippen LogP contribution in [-0.4, -0.2) is 79.9 Å². The molecule has 2 saturated heterocycles. The van der Waals surface area contributed by atoms with Gasteiger partial charge in [0.1, 0.15) is 0 Å². The van der Waals surface area contributed by atoms with Crippen molar-refractivity contribution in [3.05, 3.63) is 58.6 Å². The highest BCUT2D eigenvalue weighted by Gasteiger charge is 2.25. The Morgan fingerprint density at radius 3 is 2.26 bits per heavy atom. The number of carbonyl (C=O) groups excluding carboxylic acids is 3. The fourth-order valence-electron chi connectivity index (χ4n) is 4.42. The monoisotopic (exact) mass is 483 g/mol. The minimum Gasteiger partial charge on any atom is -0.366 e. The van der Waals surface area contributed by atoms with Crippen LogP contribution in [0.15, 0.2) is 42.5 Å². The van der Waals surface area contributed by atoms with E-state index in [2.05, 4.69) is 15.5 Å². The molecule has 2 aromatic rings. The lowest BCUT2D eigenvalue weighted by atomic mass is 10.1. The number of halogens is 1. The Morgan fingerprint density at radius 1 is 0.853 bits per heavy atom. The predicted octanol–water partition coefficient (Wildman–Crippen LogP) is 2.70. The molecule has 3 amide bonds. The van der Waals surface area contributed by atoms with Crippen LogP contribution in [0.5, 0.6) is 0 Å². The first-order valence-electron chi connectivity index (χ1n) is 11.6. The van der Waals surface area contributed by atoms with Gasteiger partial charge >= 0.3 is 0 Å². The van der Waals surface area contributed by atoms with Crippen LogP contribution < -0.4 is 15.5 Å². The number of amides is 3. The SMILES string of the molecule is CC(=O)Nc1cc(C(=O)N2CCCNCC2)ccc1N1CCN(C(=O)c2cccc(Cl)c2)CC1. The summed E-state index contributed by atoms with van der Waals surface area (Å²) in [5, 5.41) is 6.73. The zero-order valence-corrected chi connectivity index (χ0v) is 20.1. The average molecular weight is 484 g/mol. The molecular formula is C25H30ClN5O3. The van der Waals surface area contributed by atoms with Crippen molar-refractivity contribution in [3.63, 3.8) is 0 Å². The summed E-state index contributed by atoms with van der Waals surface area (Å²) in [7, 11) is 0. The van der Waals surface area contributed by atoms with Crippen LogP contribution in [0.4, 0.5) is 11.4 Å². The van der Waals surface area contributed by atoms with Gasteiger partial charge in [-0.2, -0.15) is 0 Å². The Morgan fingerprint density at radius 2 is 1.56 bits per heavy atom. The minimum absolute atomic E-state index is 0.0289. The van der Waals surface area contributed by atoms with Gasteiger partial charge in [-0.15, -0.1) is 0 Å². The van der Waals surface area contributed by atoms with E-state index in [1.54, 1.807) is 30.3 Å². The van der Waals surface area contributed by atoms with E-state index in [4.69, 9.17) is 11.6 Å². The maximum absolute atomic E-state index is 13.1. The van der Waals surface area contributed by atoms with Crippen molar-refractivity contribution in [2.24, 2.45) is 0 Å². The first kappa shape index (κ1) is 24.0. The normalized spacial score (nSPS) is 16.7. The van der Waals surface area contributed by atoms with Crippen LogP contribution in [-0.2, 0) is 4.79 Å². The van der Waals surface area contributed by atoms with Crippen molar-refractivity contribution in [1.29, 1.82) is 0 Å². The van der Waals surface area contributed by atoms with Crippen LogP contribution >= 0.6 is 11.6 Å². The molecule has 2 aromatic carbocycles. The van der Waals surface area contributed by atoms with Gasteiger partial charge in [0.2, 0.25) is 5.91 Å². The molecule has 2 aliphatic rings. The minimum atomic E-state index is -0.195. The standard InChI is InChI=1S/C25H30ClN5O3/c1-18(32)28-22-17-20(25(34)30-10-3-8-27-9-11-30)6-7-23(22)29-12-14-31(15-13-29)24(33)19-4-2-5-21(26)16-19/h2,4-7,16-17,27H,3,8-15H2,1H3,(H,28,32). The zero-order chi connectivity index (χ0) is 24.1. The first-order valence-corrected chi connectivity index (χ1v) is 12.0. The molecule has 4 rings (SSSR count). The smallest absolute Gasteiger partial charge is 0.254 e. The van der Waals surface area contributed by atoms with Gasteiger partial charge in [-0.25, -0.2) is 0 Å². The Kier molecular flexibility index (Phi) is 7.70. The highest BCUT2D eigenvalue weighted by Crippen LogP contribution is 2.29. The number of hydrogen-bond acceptors (Lipinski definition) is 5. The summed E-state index contributed by atoms with van der Waals surface area (Å²) in [6.07, 6.45) is 0.917. The molecule has 0 atom stereocenters. The van der Waals surface area contributed by atoms with Crippen molar-refractivity contribution in [3.8, 4) is 0 Å². The Bertz CT molecular complexity index is 1060. The number of nitrogens with zero attached hydrogens (tertiary/aromatic N) is 3. The molecule has 2 aliphatic heterocycles. The molecule has 0 aliphatic carbocycles. The van der Waals surface area contributed by atoms with Crippen molar-refractivity contribution in [1.82, 2.24) is 15.1 Å². The van der Waals surface area contributed by atoms with Crippen LogP contribution in [0.3, 0.4) is 0 Å². The third-order valence-electron chi connectivity index (χ3n) is 6.16. The van der Waals surface area contributed by atoms with Crippen molar-refractivity contribution in [2.45, 2.75) is 13.3 Å². The fraction of sp³-hybridized carbons (Fsp3) is 0.400. The second kappa shape index (κ2) is 10.9. The maximum atomic E-state index is 13.1. The van der Waals surface area contributed by atoms with Gasteiger partial charge in [0.05, 0.1) is 11.4 Å². The number of carbonyl (C=O) groups is 3. The van der Waals surface area contributed by atoms with Crippen molar-refractivity contribution >= 4 is 40.7 Å². The van der Waals surface area contributed by atoms with E-state index >= 15 is 0 Å². The molecule has 0 aromatic heterocycles. The molecule has 0 unspecified atom stereocenters. The van der Waals surface area contributed by atoms with Crippen LogP contribution in [0.1, 0.15) is 34.1 Å². The largest absolute Gasteiger partial charge is 0.366 e. The van der Waals surface area contributed by atoms with Gasteiger partial charge < -0.3 is 25.3 Å². The van der Waals surface area contributed by atoms with Gasteiger partial charge in [-0.05, 0) is 49.4 Å². The third kappa shape index (κ3) is 5.69. The molecule has 9 heteroatoms. The molecular weight excluding hydrogens is 454 g/mol. The summed E-state index contributed by atoms with van der Waals surface area (Å²) < 4.78 is 0. The molecule has 0 radical (unpaired) electrons. The van der Waals surface area contributed by atoms with E-state index in [-0.39, 0.29) is 17.7 Å². The number of piperazine rings is 1. The molecule has 34 heavy (non-hydrogen) atoms. The molecule has 8 nitrogen and oxygen atoms in total. The predicted molar refractivity (Wildman–Crippen MR) is 134 cm³/mol. The van der Waals surface area contributed by atoms with Gasteiger partial charge in [0.25, 0.3) is 11.8 Å². The molecule has 180 valence electrons. The number of rotatable bonds is 4. The summed E-state index contributed by atoms with van der Waals surface area (Å²) in [5.41, 5.74) is 2.59. The summed E-state index contributed by atoms with van der Waals surface area (Å²) in [4.78, 5) is 43.6. The molecule has 0 saturated carbocycles. The van der Waals surface area contributed by atoms with Crippen molar-refractivity contribution in [2.75, 3.05) is 62.6 Å². The van der Waals surface area contributed by atoms with E-state index in [1.807, 2.05) is 21.9 Å². The fourth-order valence-corrected chi connectivity index (χ4v) is 4.61. The van der Waals surface area contributed by atoms with Gasteiger partial charge in [0.15, 0.2) is 0 Å². The summed E-state index contributed by atoms with van der Waals surface area (Å²) in [5.74, 6) is -0.268. The molecule has 2 fully saturated rings. The lowest BCUT2D eigenvalue weighted by molar-refractivity contribution is -0.114. The molecule has 0 bridgehead atoms. The van der Waals surface area contributed by atoms with E-state index in [1.165, 1.54) is 6.92 Å². The van der Waals surface area contributed by atoms with Crippen LogP contribution in [0.2, 0.25) is 5.02 Å². The second-order valence-electron chi connectivity index (χ2n) is 8.60. The Balaban J connectivity index is 1.48. The highest BCUT2D eigenvalue weighted by atomic mass is 35.5. The maximum Gasteiger partial charge on any atom is 0.254 e. The summed E-state index contributed by atoms with van der Waals surface area (Å²) in [6, 6.07) is 12.5. The number of benzene rings is 2. The third-order valence-corrected chi connectivity index (χ3v) is 6.40. The van der Waals surface area contributed by atoms with Gasteiger partial charge in [0, 0.05) is 68.9 Å². The lowest BCUT2D eigenvalue weighted by Gasteiger charge is -2.37. The van der Waals surface area contributed by atoms with E-state index in [0.29, 0.717) is 61.1 Å². The van der Waals surface area contributed by atoms with E-state index in [9.17, 15) is 14.4 Å². The first-order chi connectivity index (χ1) is 16.4. The topological polar surface area (TPSA) is 85.0 Å². The Labute approximate surface area is 204 Å². The summed E-state index contributed by atoms with van der Waals surface area (Å²) in [6.45, 7) is 6.85. The number of hydrogen-bond donors (Lipinski definition) is 2. The summed E-state index contributed by atoms with van der Waals surface area (Å²) >= 11 is 6.04. The zero-order valence-electron chi connectivity index (χ0n) is 19.3. The van der Waals surface area contributed by atoms with Crippen molar-refractivity contribution < 1.29 is 14.4 Å². The molecule has 2 N–H and O–H groups in total. The quantitative estimate of drug-likeness (QED) is 0.698. The molecule has 2 heterocycles.